The summed E-state index contributed by atoms with van der Waals surface area (Å²) in [5.74, 6) is 1.64. The molecule has 1 fully saturated rings. The molecule has 112 valence electrons. The van der Waals surface area contributed by atoms with Crippen LogP contribution in [0.1, 0.15) is 19.3 Å². The third-order valence-corrected chi connectivity index (χ3v) is 4.40. The Balaban J connectivity index is 1.88. The number of rotatable bonds is 4. The number of anilines is 1. The molecule has 1 heterocycles. The van der Waals surface area contributed by atoms with Crippen molar-refractivity contribution in [3.63, 3.8) is 0 Å². The summed E-state index contributed by atoms with van der Waals surface area (Å²) in [6, 6.07) is 18.5. The molecular weight excluding hydrogens is 340 g/mol. The summed E-state index contributed by atoms with van der Waals surface area (Å²) in [7, 11) is 0. The normalized spacial score (nSPS) is 17.3. The second-order valence-corrected chi connectivity index (χ2v) is 6.29. The summed E-state index contributed by atoms with van der Waals surface area (Å²) in [6.45, 7) is 0.977. The van der Waals surface area contributed by atoms with Crippen LogP contribution in [0.15, 0.2) is 53.0 Å². The van der Waals surface area contributed by atoms with E-state index < -0.39 is 0 Å². The Morgan fingerprint density at radius 3 is 2.91 bits per heavy atom. The van der Waals surface area contributed by atoms with Crippen molar-refractivity contribution in [3.05, 3.63) is 53.0 Å². The van der Waals surface area contributed by atoms with E-state index in [4.69, 9.17) is 10.00 Å². The SMILES string of the molecule is N#CCC1CCCN1c1ccccc1Oc1cccc(Br)c1. The van der Waals surface area contributed by atoms with Crippen molar-refractivity contribution >= 4 is 21.6 Å². The van der Waals surface area contributed by atoms with Crippen LogP contribution in [-0.2, 0) is 0 Å². The van der Waals surface area contributed by atoms with E-state index in [0.29, 0.717) is 6.42 Å². The summed E-state index contributed by atoms with van der Waals surface area (Å²) in [5, 5.41) is 9.01. The van der Waals surface area contributed by atoms with E-state index in [1.165, 1.54) is 0 Å². The van der Waals surface area contributed by atoms with Crippen LogP contribution >= 0.6 is 15.9 Å². The molecule has 0 radical (unpaired) electrons. The van der Waals surface area contributed by atoms with Crippen LogP contribution in [0.4, 0.5) is 5.69 Å². The minimum atomic E-state index is 0.289. The van der Waals surface area contributed by atoms with Gasteiger partial charge in [0.2, 0.25) is 0 Å². The quantitative estimate of drug-likeness (QED) is 0.762. The Kier molecular flexibility index (Phi) is 4.65. The van der Waals surface area contributed by atoms with Gasteiger partial charge in [0.1, 0.15) is 5.75 Å². The molecule has 0 saturated carbocycles. The number of benzene rings is 2. The predicted molar refractivity (Wildman–Crippen MR) is 91.3 cm³/mol. The second-order valence-electron chi connectivity index (χ2n) is 5.38. The van der Waals surface area contributed by atoms with Gasteiger partial charge < -0.3 is 9.64 Å². The molecule has 3 rings (SSSR count). The molecule has 0 N–H and O–H groups in total. The predicted octanol–water partition coefficient (Wildman–Crippen LogP) is 5.12. The fraction of sp³-hybridized carbons (Fsp3) is 0.278. The molecule has 3 nitrogen and oxygen atoms in total. The number of hydrogen-bond acceptors (Lipinski definition) is 3. The van der Waals surface area contributed by atoms with Gasteiger partial charge in [-0.25, -0.2) is 0 Å². The lowest BCUT2D eigenvalue weighted by molar-refractivity contribution is 0.480. The van der Waals surface area contributed by atoms with Gasteiger partial charge in [-0.2, -0.15) is 5.26 Å². The minimum Gasteiger partial charge on any atom is -0.455 e. The fourth-order valence-electron chi connectivity index (χ4n) is 2.91. The largest absolute Gasteiger partial charge is 0.455 e. The van der Waals surface area contributed by atoms with Crippen molar-refractivity contribution in [2.75, 3.05) is 11.4 Å². The van der Waals surface area contributed by atoms with Crippen LogP contribution in [0.2, 0.25) is 0 Å². The first kappa shape index (κ1) is 14.9. The molecule has 0 aromatic heterocycles. The topological polar surface area (TPSA) is 36.3 Å². The average Bonchev–Trinajstić information content (AvgIpc) is 2.96. The molecule has 2 aromatic carbocycles. The van der Waals surface area contributed by atoms with Gasteiger partial charge in [-0.1, -0.05) is 34.1 Å². The van der Waals surface area contributed by atoms with Gasteiger partial charge in [-0.15, -0.1) is 0 Å². The van der Waals surface area contributed by atoms with Crippen LogP contribution in [0.5, 0.6) is 11.5 Å². The number of halogens is 1. The van der Waals surface area contributed by atoms with Crippen molar-refractivity contribution < 1.29 is 4.74 Å². The lowest BCUT2D eigenvalue weighted by Crippen LogP contribution is -2.29. The Morgan fingerprint density at radius 2 is 2.09 bits per heavy atom. The third-order valence-electron chi connectivity index (χ3n) is 3.90. The fourth-order valence-corrected chi connectivity index (χ4v) is 3.29. The van der Waals surface area contributed by atoms with E-state index in [2.05, 4.69) is 33.0 Å². The second kappa shape index (κ2) is 6.85. The molecule has 1 aliphatic heterocycles. The number of nitrogens with zero attached hydrogens (tertiary/aromatic N) is 2. The van der Waals surface area contributed by atoms with Crippen molar-refractivity contribution in [1.29, 1.82) is 5.26 Å². The summed E-state index contributed by atoms with van der Waals surface area (Å²) in [4.78, 5) is 2.30. The molecule has 0 aliphatic carbocycles. The molecule has 1 unspecified atom stereocenters. The summed E-state index contributed by atoms with van der Waals surface area (Å²) in [5.41, 5.74) is 1.07. The first-order chi connectivity index (χ1) is 10.8. The molecule has 0 amide bonds. The maximum Gasteiger partial charge on any atom is 0.150 e. The average molecular weight is 357 g/mol. The van der Waals surface area contributed by atoms with E-state index in [9.17, 15) is 0 Å². The van der Waals surface area contributed by atoms with Gasteiger partial charge in [0.05, 0.1) is 18.2 Å². The Hall–Kier alpha value is -1.99. The van der Waals surface area contributed by atoms with Crippen molar-refractivity contribution in [3.8, 4) is 17.6 Å². The minimum absolute atomic E-state index is 0.289. The van der Waals surface area contributed by atoms with E-state index in [1.54, 1.807) is 0 Å². The van der Waals surface area contributed by atoms with E-state index in [-0.39, 0.29) is 6.04 Å². The van der Waals surface area contributed by atoms with Crippen LogP contribution in [0.25, 0.3) is 0 Å². The molecular formula is C18H17BrN2O. The van der Waals surface area contributed by atoms with Crippen LogP contribution < -0.4 is 9.64 Å². The zero-order valence-electron chi connectivity index (χ0n) is 12.2. The molecule has 4 heteroatoms. The van der Waals surface area contributed by atoms with Gasteiger partial charge in [0.25, 0.3) is 0 Å². The lowest BCUT2D eigenvalue weighted by atomic mass is 10.1. The highest BCUT2D eigenvalue weighted by Crippen LogP contribution is 2.37. The molecule has 0 spiro atoms. The van der Waals surface area contributed by atoms with Crippen molar-refractivity contribution in [2.24, 2.45) is 0 Å². The van der Waals surface area contributed by atoms with E-state index in [1.807, 2.05) is 42.5 Å². The van der Waals surface area contributed by atoms with Crippen molar-refractivity contribution in [2.45, 2.75) is 25.3 Å². The van der Waals surface area contributed by atoms with Gasteiger partial charge in [0, 0.05) is 17.1 Å². The summed E-state index contributed by atoms with van der Waals surface area (Å²) >= 11 is 3.46. The summed E-state index contributed by atoms with van der Waals surface area (Å²) < 4.78 is 7.07. The Morgan fingerprint density at radius 1 is 1.23 bits per heavy atom. The van der Waals surface area contributed by atoms with E-state index >= 15 is 0 Å². The maximum absolute atomic E-state index is 9.01. The van der Waals surface area contributed by atoms with E-state index in [0.717, 1.165) is 41.0 Å². The third kappa shape index (κ3) is 3.26. The van der Waals surface area contributed by atoms with Crippen LogP contribution in [0, 0.1) is 11.3 Å². The smallest absolute Gasteiger partial charge is 0.150 e. The number of hydrogen-bond donors (Lipinski definition) is 0. The highest BCUT2D eigenvalue weighted by atomic mass is 79.9. The maximum atomic E-state index is 9.01. The molecule has 22 heavy (non-hydrogen) atoms. The number of ether oxygens (including phenoxy) is 1. The van der Waals surface area contributed by atoms with Gasteiger partial charge in [-0.05, 0) is 43.2 Å². The molecule has 1 atom stereocenters. The van der Waals surface area contributed by atoms with Crippen LogP contribution in [0.3, 0.4) is 0 Å². The molecule has 1 saturated heterocycles. The first-order valence-electron chi connectivity index (χ1n) is 7.44. The molecule has 2 aromatic rings. The Bertz CT molecular complexity index is 695. The highest BCUT2D eigenvalue weighted by Gasteiger charge is 2.26. The van der Waals surface area contributed by atoms with Crippen molar-refractivity contribution in [1.82, 2.24) is 0 Å². The first-order valence-corrected chi connectivity index (χ1v) is 8.23. The standard InChI is InChI=1S/C18H17BrN2O/c19-14-5-3-7-16(13-14)22-18-9-2-1-8-17(18)21-12-4-6-15(21)10-11-20/h1-3,5,7-9,13,15H,4,6,10,12H2. The van der Waals surface area contributed by atoms with Crippen LogP contribution in [-0.4, -0.2) is 12.6 Å². The highest BCUT2D eigenvalue weighted by molar-refractivity contribution is 9.10. The van der Waals surface area contributed by atoms with Gasteiger partial charge in [-0.3, -0.25) is 0 Å². The molecule has 1 aliphatic rings. The van der Waals surface area contributed by atoms with Gasteiger partial charge >= 0.3 is 0 Å². The molecule has 0 bridgehead atoms. The summed E-state index contributed by atoms with van der Waals surface area (Å²) in [6.07, 6.45) is 2.75. The lowest BCUT2D eigenvalue weighted by Gasteiger charge is -2.27. The Labute approximate surface area is 139 Å². The zero-order chi connectivity index (χ0) is 15.4. The number of para-hydroxylation sites is 2. The zero-order valence-corrected chi connectivity index (χ0v) is 13.8. The monoisotopic (exact) mass is 356 g/mol. The van der Waals surface area contributed by atoms with Gasteiger partial charge in [0.15, 0.2) is 5.75 Å². The number of nitriles is 1.